The zero-order valence-corrected chi connectivity index (χ0v) is 11.9. The predicted octanol–water partition coefficient (Wildman–Crippen LogP) is 3.12. The van der Waals surface area contributed by atoms with Gasteiger partial charge < -0.3 is 10.6 Å². The van der Waals surface area contributed by atoms with Gasteiger partial charge in [-0.05, 0) is 33.5 Å². The van der Waals surface area contributed by atoms with Crippen LogP contribution in [0.3, 0.4) is 0 Å². The minimum Gasteiger partial charge on any atom is -0.320 e. The summed E-state index contributed by atoms with van der Waals surface area (Å²) in [4.78, 5) is 2.06. The summed E-state index contributed by atoms with van der Waals surface area (Å²) < 4.78 is 14.0. The van der Waals surface area contributed by atoms with Gasteiger partial charge in [-0.25, -0.2) is 4.39 Å². The molecular weight excluding hydrogens is 227 g/mol. The van der Waals surface area contributed by atoms with Gasteiger partial charge in [0.05, 0.1) is 5.54 Å². The van der Waals surface area contributed by atoms with E-state index in [1.54, 1.807) is 6.07 Å². The van der Waals surface area contributed by atoms with Crippen LogP contribution in [0.15, 0.2) is 24.3 Å². The number of rotatable bonds is 6. The van der Waals surface area contributed by atoms with Gasteiger partial charge in [-0.15, -0.1) is 0 Å². The van der Waals surface area contributed by atoms with E-state index in [9.17, 15) is 4.39 Å². The van der Waals surface area contributed by atoms with Crippen molar-refractivity contribution < 1.29 is 4.39 Å². The molecule has 18 heavy (non-hydrogen) atoms. The molecule has 0 aliphatic carbocycles. The molecule has 0 radical (unpaired) electrons. The van der Waals surface area contributed by atoms with Crippen LogP contribution in [0.1, 0.15) is 38.7 Å². The van der Waals surface area contributed by atoms with Crippen LogP contribution in [-0.2, 0) is 5.54 Å². The first kappa shape index (κ1) is 15.1. The molecule has 0 amide bonds. The Labute approximate surface area is 110 Å². The number of hydrogen-bond acceptors (Lipinski definition) is 2. The molecule has 2 atom stereocenters. The lowest BCUT2D eigenvalue weighted by Crippen LogP contribution is -2.53. The van der Waals surface area contributed by atoms with Gasteiger partial charge in [0, 0.05) is 11.6 Å². The summed E-state index contributed by atoms with van der Waals surface area (Å²) in [6, 6.07) is 6.95. The van der Waals surface area contributed by atoms with Gasteiger partial charge in [0.25, 0.3) is 0 Å². The number of nitrogens with zero attached hydrogens (tertiary/aromatic N) is 1. The lowest BCUT2D eigenvalue weighted by atomic mass is 9.79. The van der Waals surface area contributed by atoms with Crippen LogP contribution in [0, 0.1) is 5.82 Å². The Morgan fingerprint density at radius 3 is 2.44 bits per heavy atom. The highest BCUT2D eigenvalue weighted by Gasteiger charge is 2.36. The van der Waals surface area contributed by atoms with E-state index in [2.05, 4.69) is 18.7 Å². The first-order valence-electron chi connectivity index (χ1n) is 6.63. The van der Waals surface area contributed by atoms with Gasteiger partial charge in [-0.3, -0.25) is 0 Å². The maximum absolute atomic E-state index is 14.0. The zero-order chi connectivity index (χ0) is 13.8. The van der Waals surface area contributed by atoms with E-state index in [0.29, 0.717) is 5.56 Å². The van der Waals surface area contributed by atoms with Gasteiger partial charge in [0.15, 0.2) is 0 Å². The summed E-state index contributed by atoms with van der Waals surface area (Å²) in [5.41, 5.74) is 6.56. The highest BCUT2D eigenvalue weighted by molar-refractivity contribution is 5.27. The minimum absolute atomic E-state index is 0.0842. The number of halogens is 1. The van der Waals surface area contributed by atoms with Crippen LogP contribution in [0.5, 0.6) is 0 Å². The summed E-state index contributed by atoms with van der Waals surface area (Å²) >= 11 is 0. The van der Waals surface area contributed by atoms with Gasteiger partial charge in [0.2, 0.25) is 0 Å². The highest BCUT2D eigenvalue weighted by Crippen LogP contribution is 2.32. The van der Waals surface area contributed by atoms with Crippen molar-refractivity contribution in [1.29, 1.82) is 0 Å². The maximum atomic E-state index is 14.0. The van der Waals surface area contributed by atoms with Gasteiger partial charge in [-0.1, -0.05) is 38.0 Å². The quantitative estimate of drug-likeness (QED) is 0.843. The summed E-state index contributed by atoms with van der Waals surface area (Å²) in [5.74, 6) is -0.204. The molecule has 0 spiro atoms. The molecule has 1 rings (SSSR count). The van der Waals surface area contributed by atoms with Crippen molar-refractivity contribution in [2.75, 3.05) is 14.1 Å². The van der Waals surface area contributed by atoms with Crippen LogP contribution in [0.25, 0.3) is 0 Å². The lowest BCUT2D eigenvalue weighted by Gasteiger charge is -2.40. The third-order valence-electron chi connectivity index (χ3n) is 3.84. The second kappa shape index (κ2) is 6.30. The molecule has 0 saturated heterocycles. The smallest absolute Gasteiger partial charge is 0.128 e. The molecular formula is C15H25FN2. The zero-order valence-electron chi connectivity index (χ0n) is 11.9. The third-order valence-corrected chi connectivity index (χ3v) is 3.84. The molecule has 0 aromatic heterocycles. The van der Waals surface area contributed by atoms with Crippen LogP contribution >= 0.6 is 0 Å². The van der Waals surface area contributed by atoms with E-state index in [4.69, 9.17) is 5.73 Å². The fraction of sp³-hybridized carbons (Fsp3) is 0.600. The predicted molar refractivity (Wildman–Crippen MR) is 74.9 cm³/mol. The molecule has 0 aliphatic heterocycles. The van der Waals surface area contributed by atoms with Gasteiger partial charge in [-0.2, -0.15) is 0 Å². The molecule has 102 valence electrons. The molecule has 2 nitrogen and oxygen atoms in total. The average molecular weight is 252 g/mol. The second-order valence-corrected chi connectivity index (χ2v) is 5.26. The maximum Gasteiger partial charge on any atom is 0.128 e. The largest absolute Gasteiger partial charge is 0.320 e. The Morgan fingerprint density at radius 2 is 1.94 bits per heavy atom. The Kier molecular flexibility index (Phi) is 5.29. The first-order chi connectivity index (χ1) is 8.43. The molecule has 0 aliphatic rings. The summed E-state index contributed by atoms with van der Waals surface area (Å²) in [5, 5.41) is 0. The fourth-order valence-electron chi connectivity index (χ4n) is 2.34. The highest BCUT2D eigenvalue weighted by atomic mass is 19.1. The number of benzene rings is 1. The Balaban J connectivity index is 3.15. The van der Waals surface area contributed by atoms with Crippen molar-refractivity contribution in [2.45, 2.75) is 44.7 Å². The molecule has 2 unspecified atom stereocenters. The SMILES string of the molecule is CCCCC(N)(c1ccccc1F)C(C)N(C)C. The van der Waals surface area contributed by atoms with E-state index in [-0.39, 0.29) is 11.9 Å². The molecule has 0 heterocycles. The van der Waals surface area contributed by atoms with E-state index in [0.717, 1.165) is 19.3 Å². The Bertz CT molecular complexity index is 379. The number of hydrogen-bond donors (Lipinski definition) is 1. The fourth-order valence-corrected chi connectivity index (χ4v) is 2.34. The summed E-state index contributed by atoms with van der Waals surface area (Å²) in [6.07, 6.45) is 2.86. The normalized spacial score (nSPS) is 16.6. The molecule has 3 heteroatoms. The third kappa shape index (κ3) is 3.09. The Morgan fingerprint density at radius 1 is 1.33 bits per heavy atom. The van der Waals surface area contributed by atoms with Crippen molar-refractivity contribution >= 4 is 0 Å². The topological polar surface area (TPSA) is 29.3 Å². The van der Waals surface area contributed by atoms with E-state index in [1.165, 1.54) is 6.07 Å². The van der Waals surface area contributed by atoms with Crippen molar-refractivity contribution in [3.05, 3.63) is 35.6 Å². The lowest BCUT2D eigenvalue weighted by molar-refractivity contribution is 0.175. The van der Waals surface area contributed by atoms with E-state index in [1.807, 2.05) is 26.2 Å². The van der Waals surface area contributed by atoms with E-state index < -0.39 is 5.54 Å². The molecule has 2 N–H and O–H groups in total. The molecule has 1 aromatic carbocycles. The molecule has 0 bridgehead atoms. The number of unbranched alkanes of at least 4 members (excludes halogenated alkanes) is 1. The number of likely N-dealkylation sites (N-methyl/N-ethyl adjacent to an activating group) is 1. The van der Waals surface area contributed by atoms with Crippen molar-refractivity contribution in [3.63, 3.8) is 0 Å². The molecule has 0 saturated carbocycles. The average Bonchev–Trinajstić information content (AvgIpc) is 2.35. The summed E-state index contributed by atoms with van der Waals surface area (Å²) in [7, 11) is 3.97. The summed E-state index contributed by atoms with van der Waals surface area (Å²) in [6.45, 7) is 4.18. The van der Waals surface area contributed by atoms with E-state index >= 15 is 0 Å². The molecule has 1 aromatic rings. The minimum atomic E-state index is -0.634. The number of nitrogens with two attached hydrogens (primary N) is 1. The van der Waals surface area contributed by atoms with Crippen LogP contribution < -0.4 is 5.73 Å². The van der Waals surface area contributed by atoms with Crippen molar-refractivity contribution in [1.82, 2.24) is 4.90 Å². The van der Waals surface area contributed by atoms with Gasteiger partial charge in [0.1, 0.15) is 5.82 Å². The van der Waals surface area contributed by atoms with Crippen LogP contribution in [0.4, 0.5) is 4.39 Å². The second-order valence-electron chi connectivity index (χ2n) is 5.26. The standard InChI is InChI=1S/C15H25FN2/c1-5-6-11-15(17,12(2)18(3)4)13-9-7-8-10-14(13)16/h7-10,12H,5-6,11,17H2,1-4H3. The van der Waals surface area contributed by atoms with Crippen LogP contribution in [-0.4, -0.2) is 25.0 Å². The Hall–Kier alpha value is -0.930. The van der Waals surface area contributed by atoms with Crippen molar-refractivity contribution in [2.24, 2.45) is 5.73 Å². The molecule has 0 fully saturated rings. The van der Waals surface area contributed by atoms with Gasteiger partial charge >= 0.3 is 0 Å². The monoisotopic (exact) mass is 252 g/mol. The van der Waals surface area contributed by atoms with Crippen LogP contribution in [0.2, 0.25) is 0 Å². The first-order valence-corrected chi connectivity index (χ1v) is 6.63. The van der Waals surface area contributed by atoms with Crippen molar-refractivity contribution in [3.8, 4) is 0 Å².